The Balaban J connectivity index is 2.02. The summed E-state index contributed by atoms with van der Waals surface area (Å²) in [6.07, 6.45) is 3.45. The van der Waals surface area contributed by atoms with E-state index in [0.717, 1.165) is 18.4 Å². The fourth-order valence-corrected chi connectivity index (χ4v) is 3.63. The summed E-state index contributed by atoms with van der Waals surface area (Å²) in [7, 11) is 0. The number of hydrogen-bond donors (Lipinski definition) is 0. The molecule has 3 heteroatoms. The van der Waals surface area contributed by atoms with Gasteiger partial charge in [0, 0.05) is 0 Å². The van der Waals surface area contributed by atoms with E-state index in [1.54, 1.807) is 0 Å². The zero-order valence-electron chi connectivity index (χ0n) is 13.1. The SMILES string of the molecule is CC(C)[C@@H]1CC[C@@H](C)C[C@H]1OC(=O)[C@@H](Br)c1ccccc1. The Hall–Kier alpha value is -0.830. The van der Waals surface area contributed by atoms with Gasteiger partial charge in [-0.25, -0.2) is 0 Å². The molecule has 1 aromatic carbocycles. The Labute approximate surface area is 136 Å². The number of carbonyl (C=O) groups excluding carboxylic acids is 1. The van der Waals surface area contributed by atoms with Gasteiger partial charge in [0.15, 0.2) is 0 Å². The van der Waals surface area contributed by atoms with Crippen molar-refractivity contribution in [2.24, 2.45) is 17.8 Å². The lowest BCUT2D eigenvalue weighted by molar-refractivity contribution is -0.155. The lowest BCUT2D eigenvalue weighted by atomic mass is 9.75. The van der Waals surface area contributed by atoms with E-state index in [1.165, 1.54) is 6.42 Å². The molecule has 21 heavy (non-hydrogen) atoms. The highest BCUT2D eigenvalue weighted by Gasteiger charge is 2.34. The van der Waals surface area contributed by atoms with Crippen LogP contribution in [-0.2, 0) is 9.53 Å². The van der Waals surface area contributed by atoms with Gasteiger partial charge in [-0.3, -0.25) is 4.79 Å². The molecule has 1 aromatic rings. The Kier molecular flexibility index (Phi) is 5.86. The van der Waals surface area contributed by atoms with Crippen molar-refractivity contribution in [1.82, 2.24) is 0 Å². The highest BCUT2D eigenvalue weighted by atomic mass is 79.9. The molecule has 2 nitrogen and oxygen atoms in total. The molecule has 0 aromatic heterocycles. The molecule has 0 heterocycles. The highest BCUT2D eigenvalue weighted by molar-refractivity contribution is 9.09. The van der Waals surface area contributed by atoms with E-state index in [-0.39, 0.29) is 16.9 Å². The van der Waals surface area contributed by atoms with Gasteiger partial charge in [0.25, 0.3) is 0 Å². The summed E-state index contributed by atoms with van der Waals surface area (Å²) in [5, 5.41) is 0. The van der Waals surface area contributed by atoms with Crippen molar-refractivity contribution in [3.8, 4) is 0 Å². The molecule has 4 atom stereocenters. The second-order valence-electron chi connectivity index (χ2n) is 6.57. The van der Waals surface area contributed by atoms with Gasteiger partial charge < -0.3 is 4.74 Å². The molecule has 0 bridgehead atoms. The maximum absolute atomic E-state index is 12.4. The van der Waals surface area contributed by atoms with Crippen LogP contribution in [-0.4, -0.2) is 12.1 Å². The normalized spacial score (nSPS) is 27.4. The van der Waals surface area contributed by atoms with Crippen LogP contribution in [0.4, 0.5) is 0 Å². The molecule has 1 aliphatic carbocycles. The fourth-order valence-electron chi connectivity index (χ4n) is 3.22. The van der Waals surface area contributed by atoms with E-state index in [1.807, 2.05) is 30.3 Å². The van der Waals surface area contributed by atoms with Crippen LogP contribution in [0.3, 0.4) is 0 Å². The van der Waals surface area contributed by atoms with Gasteiger partial charge in [-0.1, -0.05) is 73.5 Å². The molecule has 2 rings (SSSR count). The first-order valence-electron chi connectivity index (χ1n) is 7.88. The molecule has 0 N–H and O–H groups in total. The summed E-state index contributed by atoms with van der Waals surface area (Å²) >= 11 is 3.48. The molecule has 1 aliphatic rings. The second kappa shape index (κ2) is 7.44. The zero-order chi connectivity index (χ0) is 15.4. The zero-order valence-corrected chi connectivity index (χ0v) is 14.7. The number of benzene rings is 1. The Morgan fingerprint density at radius 3 is 2.52 bits per heavy atom. The van der Waals surface area contributed by atoms with Gasteiger partial charge in [-0.05, 0) is 36.2 Å². The molecule has 1 saturated carbocycles. The second-order valence-corrected chi connectivity index (χ2v) is 7.49. The minimum absolute atomic E-state index is 0.0602. The average molecular weight is 353 g/mol. The van der Waals surface area contributed by atoms with E-state index >= 15 is 0 Å². The molecule has 1 fully saturated rings. The van der Waals surface area contributed by atoms with E-state index in [2.05, 4.69) is 36.7 Å². The number of carbonyl (C=O) groups is 1. The number of hydrogen-bond acceptors (Lipinski definition) is 2. The summed E-state index contributed by atoms with van der Waals surface area (Å²) in [6.45, 7) is 6.70. The lowest BCUT2D eigenvalue weighted by Gasteiger charge is -2.37. The topological polar surface area (TPSA) is 26.3 Å². The fraction of sp³-hybridized carbons (Fsp3) is 0.611. The predicted molar refractivity (Wildman–Crippen MR) is 89.3 cm³/mol. The summed E-state index contributed by atoms with van der Waals surface area (Å²) in [5.41, 5.74) is 0.951. The maximum atomic E-state index is 12.4. The monoisotopic (exact) mass is 352 g/mol. The van der Waals surface area contributed by atoms with Gasteiger partial charge >= 0.3 is 5.97 Å². The average Bonchev–Trinajstić information content (AvgIpc) is 2.47. The highest BCUT2D eigenvalue weighted by Crippen LogP contribution is 2.36. The van der Waals surface area contributed by atoms with Crippen LogP contribution >= 0.6 is 15.9 Å². The molecule has 0 spiro atoms. The lowest BCUT2D eigenvalue weighted by Crippen LogP contribution is -2.36. The number of alkyl halides is 1. The van der Waals surface area contributed by atoms with Crippen molar-refractivity contribution >= 4 is 21.9 Å². The van der Waals surface area contributed by atoms with Crippen LogP contribution in [0, 0.1) is 17.8 Å². The minimum Gasteiger partial charge on any atom is -0.461 e. The molecular formula is C18H25BrO2. The summed E-state index contributed by atoms with van der Waals surface area (Å²) in [5.74, 6) is 1.52. The molecule has 0 saturated heterocycles. The van der Waals surface area contributed by atoms with Gasteiger partial charge in [-0.2, -0.15) is 0 Å². The third kappa shape index (κ3) is 4.32. The molecule has 0 unspecified atom stereocenters. The number of ether oxygens (including phenoxy) is 1. The van der Waals surface area contributed by atoms with Crippen molar-refractivity contribution in [1.29, 1.82) is 0 Å². The molecular weight excluding hydrogens is 328 g/mol. The van der Waals surface area contributed by atoms with Gasteiger partial charge in [0.05, 0.1) is 0 Å². The first kappa shape index (κ1) is 16.5. The Morgan fingerprint density at radius 1 is 1.24 bits per heavy atom. The molecule has 0 radical (unpaired) electrons. The van der Waals surface area contributed by atoms with Gasteiger partial charge in [0.1, 0.15) is 10.9 Å². The quantitative estimate of drug-likeness (QED) is 0.554. The molecule has 0 aliphatic heterocycles. The summed E-state index contributed by atoms with van der Waals surface area (Å²) in [6, 6.07) is 9.73. The third-order valence-electron chi connectivity index (χ3n) is 4.53. The van der Waals surface area contributed by atoms with Gasteiger partial charge in [-0.15, -0.1) is 0 Å². The molecule has 116 valence electrons. The van der Waals surface area contributed by atoms with Crippen LogP contribution < -0.4 is 0 Å². The van der Waals surface area contributed by atoms with Crippen LogP contribution in [0.5, 0.6) is 0 Å². The van der Waals surface area contributed by atoms with Crippen molar-refractivity contribution < 1.29 is 9.53 Å². The van der Waals surface area contributed by atoms with E-state index in [4.69, 9.17) is 4.74 Å². The van der Waals surface area contributed by atoms with Crippen molar-refractivity contribution in [3.63, 3.8) is 0 Å². The first-order chi connectivity index (χ1) is 9.99. The van der Waals surface area contributed by atoms with E-state index < -0.39 is 0 Å². The first-order valence-corrected chi connectivity index (χ1v) is 8.80. The smallest absolute Gasteiger partial charge is 0.324 e. The number of halogens is 1. The van der Waals surface area contributed by atoms with E-state index in [0.29, 0.717) is 17.8 Å². The standard InChI is InChI=1S/C18H25BrO2/c1-12(2)15-10-9-13(3)11-16(15)21-18(20)17(19)14-7-5-4-6-8-14/h4-8,12-13,15-17H,9-11H2,1-3H3/t13-,15+,16-,17+/m1/s1. The largest absolute Gasteiger partial charge is 0.461 e. The summed E-state index contributed by atoms with van der Waals surface area (Å²) in [4.78, 5) is 12.0. The van der Waals surface area contributed by atoms with Crippen molar-refractivity contribution in [2.75, 3.05) is 0 Å². The van der Waals surface area contributed by atoms with Crippen LogP contribution in [0.1, 0.15) is 50.4 Å². The molecule has 0 amide bonds. The Morgan fingerprint density at radius 2 is 1.90 bits per heavy atom. The maximum Gasteiger partial charge on any atom is 0.324 e. The number of rotatable bonds is 4. The van der Waals surface area contributed by atoms with Crippen molar-refractivity contribution in [3.05, 3.63) is 35.9 Å². The third-order valence-corrected chi connectivity index (χ3v) is 5.43. The Bertz CT molecular complexity index is 458. The van der Waals surface area contributed by atoms with Crippen LogP contribution in [0.2, 0.25) is 0 Å². The van der Waals surface area contributed by atoms with Crippen LogP contribution in [0.25, 0.3) is 0 Å². The van der Waals surface area contributed by atoms with Crippen LogP contribution in [0.15, 0.2) is 30.3 Å². The minimum atomic E-state index is -0.372. The van der Waals surface area contributed by atoms with E-state index in [9.17, 15) is 4.79 Å². The predicted octanol–water partition coefficient (Wildman–Crippen LogP) is 5.13. The van der Waals surface area contributed by atoms with Gasteiger partial charge in [0.2, 0.25) is 0 Å². The summed E-state index contributed by atoms with van der Waals surface area (Å²) < 4.78 is 5.87. The van der Waals surface area contributed by atoms with Crippen molar-refractivity contribution in [2.45, 2.75) is 51.0 Å². The number of esters is 1.